The first kappa shape index (κ1) is 40.4. The number of aromatic nitrogens is 1. The lowest BCUT2D eigenvalue weighted by Gasteiger charge is -2.19. The zero-order chi connectivity index (χ0) is 38.8. The maximum absolute atomic E-state index is 13.0. The third kappa shape index (κ3) is 9.75. The van der Waals surface area contributed by atoms with Crippen LogP contribution in [0.4, 0.5) is 5.69 Å². The lowest BCUT2D eigenvalue weighted by Crippen LogP contribution is -2.32. The molecule has 2 amide bonds. The Morgan fingerprint density at radius 2 is 1.33 bits per heavy atom. The van der Waals surface area contributed by atoms with E-state index >= 15 is 0 Å². The fourth-order valence-electron chi connectivity index (χ4n) is 6.05. The molecule has 0 aliphatic carbocycles. The molecule has 0 saturated carbocycles. The molecule has 17 nitrogen and oxygen atoms in total. The maximum Gasteiger partial charge on any atom is 0.303 e. The van der Waals surface area contributed by atoms with Gasteiger partial charge in [-0.2, -0.15) is 29.8 Å². The van der Waals surface area contributed by atoms with Crippen LogP contribution in [0.2, 0.25) is 0 Å². The van der Waals surface area contributed by atoms with Crippen LogP contribution in [0.15, 0.2) is 41.3 Å². The van der Waals surface area contributed by atoms with E-state index < -0.39 is 83.0 Å². The van der Waals surface area contributed by atoms with E-state index in [4.69, 9.17) is 14.2 Å². The van der Waals surface area contributed by atoms with Crippen molar-refractivity contribution in [3.8, 4) is 11.1 Å². The third-order valence-electron chi connectivity index (χ3n) is 8.77. The van der Waals surface area contributed by atoms with E-state index in [1.165, 1.54) is 24.3 Å². The lowest BCUT2D eigenvalue weighted by molar-refractivity contribution is -0.439. The van der Waals surface area contributed by atoms with Crippen LogP contribution in [0.3, 0.4) is 0 Å². The van der Waals surface area contributed by atoms with Crippen LogP contribution in [0, 0.1) is 0 Å². The summed E-state index contributed by atoms with van der Waals surface area (Å²) in [6.07, 6.45) is 1.76. The van der Waals surface area contributed by atoms with Crippen LogP contribution < -0.4 is 10.6 Å². The molecule has 2 heterocycles. The van der Waals surface area contributed by atoms with Crippen LogP contribution in [0.25, 0.3) is 21.9 Å². The molecule has 282 valence electrons. The van der Waals surface area contributed by atoms with Crippen LogP contribution in [0.1, 0.15) is 73.0 Å². The summed E-state index contributed by atoms with van der Waals surface area (Å²) in [6.45, 7) is 5.29. The summed E-state index contributed by atoms with van der Waals surface area (Å²) >= 11 is 0. The average Bonchev–Trinajstić information content (AvgIpc) is 3.22. The van der Waals surface area contributed by atoms with Crippen molar-refractivity contribution in [2.45, 2.75) is 56.8 Å². The van der Waals surface area contributed by atoms with Crippen molar-refractivity contribution in [1.82, 2.24) is 15.6 Å². The van der Waals surface area contributed by atoms with Crippen LogP contribution in [0.5, 0.6) is 0 Å². The Kier molecular flexibility index (Phi) is 11.9. The van der Waals surface area contributed by atoms with Gasteiger partial charge in [-0.05, 0) is 61.4 Å². The van der Waals surface area contributed by atoms with Gasteiger partial charge in [-0.3, -0.25) is 28.0 Å². The van der Waals surface area contributed by atoms with E-state index in [-0.39, 0.29) is 34.3 Å². The van der Waals surface area contributed by atoms with Crippen LogP contribution >= 0.6 is 0 Å². The molecule has 1 aromatic heterocycles. The molecule has 0 unspecified atom stereocenters. The summed E-state index contributed by atoms with van der Waals surface area (Å²) in [5.41, 5.74) is 1.29. The Balaban J connectivity index is 1.84. The fraction of sp³-hybridized carbons (Fsp3) is 0.406. The third-order valence-corrected chi connectivity index (χ3v) is 11.1. The van der Waals surface area contributed by atoms with Gasteiger partial charge in [0.2, 0.25) is 5.69 Å². The van der Waals surface area contributed by atoms with Crippen LogP contribution in [-0.4, -0.2) is 108 Å². The predicted octanol–water partition coefficient (Wildman–Crippen LogP) is 2.42. The number of benzene rings is 2. The second-order valence-corrected chi connectivity index (χ2v) is 17.3. The van der Waals surface area contributed by atoms with Gasteiger partial charge in [0.1, 0.15) is 22.8 Å². The number of carboxylic acid groups (broad SMARTS) is 1. The van der Waals surface area contributed by atoms with Crippen molar-refractivity contribution < 1.29 is 63.0 Å². The van der Waals surface area contributed by atoms with Crippen LogP contribution in [-0.2, 0) is 40.6 Å². The molecule has 4 rings (SSSR count). The number of fused-ring (bicyclic) bond motifs is 3. The largest absolute Gasteiger partial charge is 0.481 e. The van der Waals surface area contributed by atoms with Gasteiger partial charge < -0.3 is 15.7 Å². The summed E-state index contributed by atoms with van der Waals surface area (Å²) in [5.74, 6) is -4.40. The minimum absolute atomic E-state index is 0.0303. The quantitative estimate of drug-likeness (QED) is 0.0692. The molecule has 0 saturated heterocycles. The molecule has 0 bridgehead atoms. The Bertz CT molecular complexity index is 2250. The van der Waals surface area contributed by atoms with Crippen molar-refractivity contribution in [2.24, 2.45) is 0 Å². The topological polar surface area (TPSA) is 275 Å². The van der Waals surface area contributed by atoms with Gasteiger partial charge in [0, 0.05) is 49.9 Å². The number of aliphatic carboxylic acids is 1. The van der Waals surface area contributed by atoms with E-state index in [0.717, 1.165) is 11.3 Å². The van der Waals surface area contributed by atoms with E-state index in [2.05, 4.69) is 15.6 Å². The first-order chi connectivity index (χ1) is 24.0. The first-order valence-corrected chi connectivity index (χ1v) is 20.6. The molecule has 0 fully saturated rings. The number of unbranched alkanes of at least 4 members (excludes halogenated alkanes) is 2. The minimum atomic E-state index is -4.84. The number of nitrogens with zero attached hydrogens (tertiary/aromatic N) is 2. The molecular weight excluding hydrogens is 745 g/mol. The van der Waals surface area contributed by atoms with Crippen molar-refractivity contribution in [1.29, 1.82) is 0 Å². The number of carbonyl (C=O) groups is 3. The Labute approximate surface area is 300 Å². The van der Waals surface area contributed by atoms with Gasteiger partial charge in [0.15, 0.2) is 5.71 Å². The number of amides is 2. The second kappa shape index (κ2) is 15.3. The summed E-state index contributed by atoms with van der Waals surface area (Å²) in [5, 5.41) is 14.1. The number of carboxylic acids is 1. The highest BCUT2D eigenvalue weighted by molar-refractivity contribution is 7.86. The zero-order valence-electron chi connectivity index (χ0n) is 28.4. The van der Waals surface area contributed by atoms with Gasteiger partial charge >= 0.3 is 5.97 Å². The lowest BCUT2D eigenvalue weighted by atomic mass is 9.79. The molecule has 52 heavy (non-hydrogen) atoms. The molecule has 20 heteroatoms. The van der Waals surface area contributed by atoms with Crippen molar-refractivity contribution in [3.05, 3.63) is 53.3 Å². The number of nitrogens with one attached hydrogen (secondary N) is 2. The summed E-state index contributed by atoms with van der Waals surface area (Å²) < 4.78 is 101. The van der Waals surface area contributed by atoms with E-state index in [9.17, 15) is 44.2 Å². The summed E-state index contributed by atoms with van der Waals surface area (Å²) in [7, 11) is -13.7. The molecule has 1 aliphatic rings. The Morgan fingerprint density at radius 3 is 1.83 bits per heavy atom. The number of pyridine rings is 1. The molecule has 6 N–H and O–H groups in total. The standard InChI is InChI=1S/C32H38N4O13S3/c1-19-32(2,3)29-22-9-8-20(15-23(22)27(52(47,48)49)18-26(29)36(19)12-6-4-5-7-28(37)38)21-16-24(30(39)33-10-13-50(41,42)43)35-25(17-21)31(40)34-11-14-51(44,45)46/h8-9,15-18H,4-7,10-14H2,1-3H3,(H5-,33,34,37,38,39,40,41,42,43,44,45,46,47,48,49)/p+1. The molecule has 1 aliphatic heterocycles. The molecule has 2 aromatic carbocycles. The number of rotatable bonds is 16. The SMILES string of the molecule is CC1=[N+](CCCCCC(=O)O)c2cc(S(=O)(=O)O)c3cc(-c4cc(C(=O)NCCS(=O)(=O)O)nc(C(=O)NCCS(=O)(=O)O)c4)ccc3c2C1(C)C. The van der Waals surface area contributed by atoms with Crippen molar-refractivity contribution in [2.75, 3.05) is 31.1 Å². The highest BCUT2D eigenvalue weighted by Crippen LogP contribution is 2.47. The van der Waals surface area contributed by atoms with E-state index in [1.54, 1.807) is 12.1 Å². The van der Waals surface area contributed by atoms with Gasteiger partial charge in [0.25, 0.3) is 42.2 Å². The highest BCUT2D eigenvalue weighted by Gasteiger charge is 2.45. The predicted molar refractivity (Wildman–Crippen MR) is 189 cm³/mol. The monoisotopic (exact) mass is 783 g/mol. The number of hydrogen-bond donors (Lipinski definition) is 6. The smallest absolute Gasteiger partial charge is 0.303 e. The normalized spacial score (nSPS) is 14.3. The van der Waals surface area contributed by atoms with E-state index in [0.29, 0.717) is 36.9 Å². The number of carbonyl (C=O) groups excluding carboxylic acids is 2. The van der Waals surface area contributed by atoms with Crippen molar-refractivity contribution >= 4 is 70.3 Å². The van der Waals surface area contributed by atoms with E-state index in [1.807, 2.05) is 25.3 Å². The fourth-order valence-corrected chi connectivity index (χ4v) is 7.48. The second-order valence-electron chi connectivity index (χ2n) is 12.8. The van der Waals surface area contributed by atoms with Gasteiger partial charge in [-0.15, -0.1) is 0 Å². The zero-order valence-corrected chi connectivity index (χ0v) is 30.9. The Morgan fingerprint density at radius 1 is 0.769 bits per heavy atom. The van der Waals surface area contributed by atoms with Crippen molar-refractivity contribution in [3.63, 3.8) is 0 Å². The summed E-state index contributed by atoms with van der Waals surface area (Å²) in [4.78, 5) is 40.5. The maximum atomic E-state index is 13.0. The van der Waals surface area contributed by atoms with Gasteiger partial charge in [-0.1, -0.05) is 12.1 Å². The molecule has 0 atom stereocenters. The van der Waals surface area contributed by atoms with Gasteiger partial charge in [0.05, 0.1) is 16.9 Å². The minimum Gasteiger partial charge on any atom is -0.481 e. The molecular formula is C32H39N4O13S3+. The summed E-state index contributed by atoms with van der Waals surface area (Å²) in [6, 6.07) is 8.56. The van der Waals surface area contributed by atoms with Gasteiger partial charge in [-0.25, -0.2) is 4.98 Å². The molecule has 3 aromatic rings. The molecule has 0 spiro atoms. The Hall–Kier alpha value is -4.34. The molecule has 0 radical (unpaired) electrons. The highest BCUT2D eigenvalue weighted by atomic mass is 32.2. The average molecular weight is 784 g/mol. The number of hydrogen-bond acceptors (Lipinski definition) is 10. The first-order valence-electron chi connectivity index (χ1n) is 15.9.